The summed E-state index contributed by atoms with van der Waals surface area (Å²) in [6.45, 7) is 3.49. The number of hydrogen-bond donors (Lipinski definition) is 1. The molecule has 1 N–H and O–H groups in total. The van der Waals surface area contributed by atoms with Crippen LogP contribution < -0.4 is 5.56 Å². The van der Waals surface area contributed by atoms with Gasteiger partial charge in [-0.05, 0) is 30.9 Å². The molecule has 11 heteroatoms. The Morgan fingerprint density at radius 2 is 1.94 bits per heavy atom. The van der Waals surface area contributed by atoms with Gasteiger partial charge in [-0.25, -0.2) is 22.3 Å². The number of rotatable bonds is 4. The van der Waals surface area contributed by atoms with Crippen molar-refractivity contribution in [3.8, 4) is 0 Å². The molecule has 2 aliphatic heterocycles. The second-order valence-corrected chi connectivity index (χ2v) is 10.4. The van der Waals surface area contributed by atoms with Crippen LogP contribution in [0.5, 0.6) is 0 Å². The number of H-pyrrole nitrogens is 1. The molecule has 2 aliphatic rings. The summed E-state index contributed by atoms with van der Waals surface area (Å²) in [7, 11) is -4.00. The average molecular weight is 462 g/mol. The van der Waals surface area contributed by atoms with E-state index in [0.29, 0.717) is 24.6 Å². The number of halogens is 1. The van der Waals surface area contributed by atoms with Gasteiger partial charge in [0.25, 0.3) is 5.56 Å². The van der Waals surface area contributed by atoms with E-state index in [4.69, 9.17) is 4.74 Å². The lowest BCUT2D eigenvalue weighted by Crippen LogP contribution is -2.30. The lowest BCUT2D eigenvalue weighted by atomic mass is 9.97. The van der Waals surface area contributed by atoms with Gasteiger partial charge in [0.1, 0.15) is 22.4 Å². The van der Waals surface area contributed by atoms with Gasteiger partial charge in [0.15, 0.2) is 5.52 Å². The normalized spacial score (nSPS) is 23.2. The molecule has 2 atom stereocenters. The van der Waals surface area contributed by atoms with Gasteiger partial charge in [0.2, 0.25) is 10.0 Å². The van der Waals surface area contributed by atoms with Crippen LogP contribution in [0.1, 0.15) is 43.3 Å². The molecule has 32 heavy (non-hydrogen) atoms. The number of nitrogens with one attached hydrogen (secondary N) is 1. The van der Waals surface area contributed by atoms with Crippen molar-refractivity contribution < 1.29 is 17.5 Å². The van der Waals surface area contributed by atoms with Gasteiger partial charge in [-0.2, -0.15) is 9.40 Å². The van der Waals surface area contributed by atoms with Gasteiger partial charge in [-0.15, -0.1) is 0 Å². The van der Waals surface area contributed by atoms with Crippen molar-refractivity contribution in [1.29, 1.82) is 0 Å². The van der Waals surface area contributed by atoms with E-state index in [-0.39, 0.29) is 41.3 Å². The first-order valence-electron chi connectivity index (χ1n) is 10.7. The summed E-state index contributed by atoms with van der Waals surface area (Å²) in [6, 6.07) is 5.35. The molecule has 9 nitrogen and oxygen atoms in total. The summed E-state index contributed by atoms with van der Waals surface area (Å²) >= 11 is 0. The minimum atomic E-state index is -4.00. The van der Waals surface area contributed by atoms with Gasteiger partial charge in [-0.3, -0.25) is 4.79 Å². The van der Waals surface area contributed by atoms with E-state index in [0.717, 1.165) is 24.7 Å². The molecule has 0 aliphatic carbocycles. The van der Waals surface area contributed by atoms with E-state index in [1.165, 1.54) is 28.7 Å². The molecule has 2 saturated heterocycles. The van der Waals surface area contributed by atoms with Gasteiger partial charge in [0, 0.05) is 38.1 Å². The van der Waals surface area contributed by atoms with Gasteiger partial charge in [-0.1, -0.05) is 19.1 Å². The van der Waals surface area contributed by atoms with E-state index in [9.17, 15) is 17.6 Å². The van der Waals surface area contributed by atoms with Crippen molar-refractivity contribution in [2.45, 2.75) is 36.5 Å². The van der Waals surface area contributed by atoms with Crippen molar-refractivity contribution in [3.05, 3.63) is 58.3 Å². The largest absolute Gasteiger partial charge is 0.381 e. The maximum Gasteiger partial charge on any atom is 0.276 e. The topological polar surface area (TPSA) is 110 Å². The second-order valence-electron chi connectivity index (χ2n) is 8.48. The molecule has 0 amide bonds. The summed E-state index contributed by atoms with van der Waals surface area (Å²) in [5.41, 5.74) is 0.0418. The molecule has 2 aromatic heterocycles. The van der Waals surface area contributed by atoms with Gasteiger partial charge >= 0.3 is 0 Å². The average Bonchev–Trinajstić information content (AvgIpc) is 3.39. The lowest BCUT2D eigenvalue weighted by Gasteiger charge is -2.21. The highest BCUT2D eigenvalue weighted by Crippen LogP contribution is 2.34. The Bertz CT molecular complexity index is 1320. The molecule has 4 heterocycles. The molecule has 0 saturated carbocycles. The number of aromatic nitrogens is 4. The van der Waals surface area contributed by atoms with Crippen molar-refractivity contribution in [3.63, 3.8) is 0 Å². The number of aromatic amines is 1. The number of sulfonamides is 1. The molecule has 1 aromatic carbocycles. The molecular weight excluding hydrogens is 437 g/mol. The van der Waals surface area contributed by atoms with Crippen LogP contribution in [0.15, 0.2) is 40.2 Å². The predicted molar refractivity (Wildman–Crippen MR) is 113 cm³/mol. The first-order valence-corrected chi connectivity index (χ1v) is 12.1. The molecule has 3 aromatic rings. The molecule has 2 unspecified atom stereocenters. The van der Waals surface area contributed by atoms with Gasteiger partial charge < -0.3 is 9.72 Å². The van der Waals surface area contributed by atoms with Crippen LogP contribution in [0.3, 0.4) is 0 Å². The van der Waals surface area contributed by atoms with E-state index in [1.807, 2.05) is 6.92 Å². The van der Waals surface area contributed by atoms with E-state index in [1.54, 1.807) is 4.52 Å². The van der Waals surface area contributed by atoms with Crippen molar-refractivity contribution >= 4 is 15.5 Å². The Kier molecular flexibility index (Phi) is 5.34. The smallest absolute Gasteiger partial charge is 0.276 e. The first kappa shape index (κ1) is 21.2. The maximum atomic E-state index is 14.2. The minimum absolute atomic E-state index is 0.105. The molecule has 0 bridgehead atoms. The number of benzene rings is 1. The van der Waals surface area contributed by atoms with Crippen LogP contribution in [0.25, 0.3) is 5.52 Å². The summed E-state index contributed by atoms with van der Waals surface area (Å²) in [5.74, 6) is 0.0406. The van der Waals surface area contributed by atoms with Gasteiger partial charge in [0.05, 0.1) is 6.20 Å². The summed E-state index contributed by atoms with van der Waals surface area (Å²) in [4.78, 5) is 19.7. The SMILES string of the molecule is CC1CN(S(=O)(=O)c2ccccc2F)CC1c1nn2c(C3CCOCC3)ncc2c(=O)[nH]1. The lowest BCUT2D eigenvalue weighted by molar-refractivity contribution is 0.0832. The zero-order valence-corrected chi connectivity index (χ0v) is 18.4. The third kappa shape index (κ3) is 3.54. The van der Waals surface area contributed by atoms with Crippen LogP contribution in [-0.2, 0) is 14.8 Å². The highest BCUT2D eigenvalue weighted by Gasteiger charge is 2.40. The second kappa shape index (κ2) is 8.05. The Hall–Kier alpha value is -2.63. The Labute approximate surface area is 184 Å². The Morgan fingerprint density at radius 1 is 1.19 bits per heavy atom. The Morgan fingerprint density at radius 3 is 2.69 bits per heavy atom. The Balaban J connectivity index is 1.49. The molecule has 5 rings (SSSR count). The summed E-state index contributed by atoms with van der Waals surface area (Å²) in [6.07, 6.45) is 3.13. The quantitative estimate of drug-likeness (QED) is 0.635. The molecule has 0 spiro atoms. The van der Waals surface area contributed by atoms with Crippen LogP contribution in [0.4, 0.5) is 4.39 Å². The third-order valence-corrected chi connectivity index (χ3v) is 8.28. The predicted octanol–water partition coefficient (Wildman–Crippen LogP) is 1.87. The van der Waals surface area contributed by atoms with Crippen LogP contribution in [0.2, 0.25) is 0 Å². The fourth-order valence-corrected chi connectivity index (χ4v) is 6.23. The number of ether oxygens (including phenoxy) is 1. The van der Waals surface area contributed by atoms with Crippen molar-refractivity contribution in [2.24, 2.45) is 5.92 Å². The van der Waals surface area contributed by atoms with Crippen LogP contribution in [0, 0.1) is 11.7 Å². The minimum Gasteiger partial charge on any atom is -0.381 e. The summed E-state index contributed by atoms with van der Waals surface area (Å²) < 4.78 is 48.5. The van der Waals surface area contributed by atoms with E-state index >= 15 is 0 Å². The standard InChI is InChI=1S/C21H24FN5O4S/c1-13-11-26(32(29,30)18-5-3-2-4-16(18)22)12-15(13)19-24-21(28)17-10-23-20(27(17)25-19)14-6-8-31-9-7-14/h2-5,10,13-15H,6-9,11-12H2,1H3,(H,24,25,28). The van der Waals surface area contributed by atoms with E-state index in [2.05, 4.69) is 15.1 Å². The third-order valence-electron chi connectivity index (χ3n) is 6.42. The fourth-order valence-electron chi connectivity index (χ4n) is 4.60. The van der Waals surface area contributed by atoms with Crippen LogP contribution >= 0.6 is 0 Å². The molecule has 2 fully saturated rings. The highest BCUT2D eigenvalue weighted by molar-refractivity contribution is 7.89. The zero-order valence-electron chi connectivity index (χ0n) is 17.6. The molecular formula is C21H24FN5O4S. The highest BCUT2D eigenvalue weighted by atomic mass is 32.2. The number of imidazole rings is 1. The van der Waals surface area contributed by atoms with Crippen LogP contribution in [-0.4, -0.2) is 58.6 Å². The fraction of sp³-hybridized carbons (Fsp3) is 0.476. The first-order chi connectivity index (χ1) is 15.4. The van der Waals surface area contributed by atoms with Crippen molar-refractivity contribution in [1.82, 2.24) is 23.9 Å². The number of fused-ring (bicyclic) bond motifs is 1. The number of nitrogens with zero attached hydrogens (tertiary/aromatic N) is 4. The molecule has 170 valence electrons. The van der Waals surface area contributed by atoms with E-state index < -0.39 is 15.8 Å². The monoisotopic (exact) mass is 461 g/mol. The summed E-state index contributed by atoms with van der Waals surface area (Å²) in [5, 5.41) is 4.67. The maximum absolute atomic E-state index is 14.2. The zero-order chi connectivity index (χ0) is 22.5. The number of hydrogen-bond acceptors (Lipinski definition) is 6. The molecule has 0 radical (unpaired) electrons. The van der Waals surface area contributed by atoms with Crippen molar-refractivity contribution in [2.75, 3.05) is 26.3 Å².